The van der Waals surface area contributed by atoms with Gasteiger partial charge in [0.1, 0.15) is 6.29 Å². The molecule has 9 atom stereocenters. The van der Waals surface area contributed by atoms with Crippen molar-refractivity contribution in [3.8, 4) is 0 Å². The molecular weight excluding hydrogens is 572 g/mol. The van der Waals surface area contributed by atoms with E-state index in [2.05, 4.69) is 38.3 Å². The van der Waals surface area contributed by atoms with Crippen molar-refractivity contribution in [2.24, 2.45) is 51.2 Å². The summed E-state index contributed by atoms with van der Waals surface area (Å²) >= 11 is 0. The molecule has 6 nitrogen and oxygen atoms in total. The number of carbonyl (C=O) groups excluding carboxylic acids is 3. The van der Waals surface area contributed by atoms with Gasteiger partial charge >= 0.3 is 0 Å². The van der Waals surface area contributed by atoms with Crippen LogP contribution in [0.5, 0.6) is 0 Å². The molecule has 0 saturated heterocycles. The van der Waals surface area contributed by atoms with E-state index >= 15 is 0 Å². The minimum Gasteiger partial charge on any atom is -0.393 e. The summed E-state index contributed by atoms with van der Waals surface area (Å²) in [7, 11) is 0. The molecule has 3 N–H and O–H groups in total. The third-order valence-corrected chi connectivity index (χ3v) is 14.9. The smallest absolute Gasteiger partial charge is 0.251 e. The Bertz CT molecular complexity index is 1290. The average Bonchev–Trinajstić information content (AvgIpc) is 3.49. The number of rotatable bonds is 10. The summed E-state index contributed by atoms with van der Waals surface area (Å²) in [5.41, 5.74) is 2.12. The third-order valence-electron chi connectivity index (χ3n) is 14.9. The van der Waals surface area contributed by atoms with Crippen LogP contribution in [0.25, 0.3) is 0 Å². The van der Waals surface area contributed by atoms with Gasteiger partial charge in [0.25, 0.3) is 5.91 Å². The highest BCUT2D eigenvalue weighted by Crippen LogP contribution is 2.73. The molecule has 5 fully saturated rings. The van der Waals surface area contributed by atoms with Crippen LogP contribution < -0.4 is 10.6 Å². The second-order valence-corrected chi connectivity index (χ2v) is 17.2. The Balaban J connectivity index is 1.08. The monoisotopic (exact) mass is 632 g/mol. The number of amides is 2. The van der Waals surface area contributed by atoms with E-state index in [1.54, 1.807) is 0 Å². The summed E-state index contributed by atoms with van der Waals surface area (Å²) in [4.78, 5) is 37.3. The van der Waals surface area contributed by atoms with Gasteiger partial charge in [-0.25, -0.2) is 0 Å². The lowest BCUT2D eigenvalue weighted by atomic mass is 9.36. The Morgan fingerprint density at radius 2 is 1.65 bits per heavy atom. The Kier molecular flexibility index (Phi) is 9.53. The number of aliphatic hydroxyl groups excluding tert-OH is 1. The summed E-state index contributed by atoms with van der Waals surface area (Å²) < 4.78 is 0. The summed E-state index contributed by atoms with van der Waals surface area (Å²) in [5.74, 6) is 3.36. The molecule has 2 amide bonds. The van der Waals surface area contributed by atoms with Gasteiger partial charge < -0.3 is 20.5 Å². The zero-order chi connectivity index (χ0) is 32.7. The van der Waals surface area contributed by atoms with E-state index in [1.807, 2.05) is 24.3 Å². The maximum Gasteiger partial charge on any atom is 0.251 e. The Morgan fingerprint density at radius 3 is 2.46 bits per heavy atom. The molecule has 6 heteroatoms. The van der Waals surface area contributed by atoms with Crippen LogP contribution in [-0.4, -0.2) is 42.4 Å². The van der Waals surface area contributed by atoms with Gasteiger partial charge in [-0.1, -0.05) is 46.2 Å². The molecule has 0 bridgehead atoms. The molecule has 5 saturated carbocycles. The van der Waals surface area contributed by atoms with Crippen LogP contribution in [0.3, 0.4) is 0 Å². The van der Waals surface area contributed by atoms with Crippen LogP contribution in [0, 0.1) is 51.2 Å². The molecule has 0 aliphatic heterocycles. The van der Waals surface area contributed by atoms with Crippen molar-refractivity contribution >= 4 is 18.1 Å². The number of unbranched alkanes of at least 4 members (excludes halogenated alkanes) is 2. The van der Waals surface area contributed by atoms with Crippen LogP contribution in [0.4, 0.5) is 0 Å². The second kappa shape index (κ2) is 13.0. The first kappa shape index (κ1) is 33.7. The van der Waals surface area contributed by atoms with Crippen LogP contribution in [0.15, 0.2) is 24.3 Å². The lowest BCUT2D eigenvalue weighted by molar-refractivity contribution is -0.214. The summed E-state index contributed by atoms with van der Waals surface area (Å²) in [6.07, 6.45) is 16.3. The average molecular weight is 633 g/mol. The number of aldehydes is 1. The van der Waals surface area contributed by atoms with Crippen molar-refractivity contribution < 1.29 is 19.5 Å². The molecule has 5 aliphatic carbocycles. The normalized spacial score (nSPS) is 39.2. The molecule has 9 unspecified atom stereocenters. The standard InChI is InChI=1S/C40H60N2O4/c1-37(2)32-16-20-38(3)30-15-22-40(19-9-12-31(40)29(30)13-14-33(38)39(32,4)21-17-34(37)44)36(46)42-24-18-27-10-8-11-28(26-27)35(45)41-23-6-5-7-25-43/h8,10-11,25-26,29-34,44H,5-7,9,12-24H2,1-4H3,(H,41,45)(H,42,46). The second-order valence-electron chi connectivity index (χ2n) is 17.2. The van der Waals surface area contributed by atoms with Gasteiger partial charge in [0.15, 0.2) is 0 Å². The molecule has 0 spiro atoms. The fourth-order valence-corrected chi connectivity index (χ4v) is 12.6. The topological polar surface area (TPSA) is 95.5 Å². The highest BCUT2D eigenvalue weighted by Gasteiger charge is 2.67. The first-order chi connectivity index (χ1) is 22.0. The first-order valence-electron chi connectivity index (χ1n) is 18.7. The minimum absolute atomic E-state index is 0.0115. The number of hydrogen-bond acceptors (Lipinski definition) is 4. The molecule has 46 heavy (non-hydrogen) atoms. The lowest BCUT2D eigenvalue weighted by Crippen LogP contribution is -2.63. The molecule has 254 valence electrons. The fraction of sp³-hybridized carbons (Fsp3) is 0.775. The Morgan fingerprint density at radius 1 is 0.848 bits per heavy atom. The molecule has 0 aromatic heterocycles. The van der Waals surface area contributed by atoms with Crippen LogP contribution in [0.1, 0.15) is 134 Å². The summed E-state index contributed by atoms with van der Waals surface area (Å²) in [6, 6.07) is 7.74. The minimum atomic E-state index is -0.214. The summed E-state index contributed by atoms with van der Waals surface area (Å²) in [6.45, 7) is 11.0. The number of aliphatic hydroxyl groups is 1. The van der Waals surface area contributed by atoms with Crippen LogP contribution in [-0.2, 0) is 16.0 Å². The van der Waals surface area contributed by atoms with Crippen LogP contribution in [0.2, 0.25) is 0 Å². The van der Waals surface area contributed by atoms with Crippen molar-refractivity contribution in [1.29, 1.82) is 0 Å². The van der Waals surface area contributed by atoms with Gasteiger partial charge in [0, 0.05) is 25.1 Å². The lowest BCUT2D eigenvalue weighted by Gasteiger charge is -2.69. The highest BCUT2D eigenvalue weighted by atomic mass is 16.3. The third kappa shape index (κ3) is 5.66. The quantitative estimate of drug-likeness (QED) is 0.187. The zero-order valence-electron chi connectivity index (χ0n) is 29.0. The van der Waals surface area contributed by atoms with Crippen molar-refractivity contribution in [2.45, 2.75) is 130 Å². The SMILES string of the molecule is CC1(C)C(O)CCC2(C)C1CCC1(C)C3CCC4(C(=O)NCCc5cccc(C(=O)NCCCCC=O)c5)CCCC4C3CCC12. The number of fused-ring (bicyclic) bond motifs is 7. The molecular formula is C40H60N2O4. The molecule has 0 heterocycles. The Labute approximate surface area is 277 Å². The van der Waals surface area contributed by atoms with E-state index in [1.165, 1.54) is 44.9 Å². The van der Waals surface area contributed by atoms with Crippen molar-refractivity contribution in [1.82, 2.24) is 10.6 Å². The van der Waals surface area contributed by atoms with Gasteiger partial charge in [-0.3, -0.25) is 9.59 Å². The summed E-state index contributed by atoms with van der Waals surface area (Å²) in [5, 5.41) is 17.3. The first-order valence-corrected chi connectivity index (χ1v) is 18.7. The van der Waals surface area contributed by atoms with Gasteiger partial charge in [-0.05, 0) is 147 Å². The van der Waals surface area contributed by atoms with Gasteiger partial charge in [0.05, 0.1) is 11.5 Å². The number of benzene rings is 1. The van der Waals surface area contributed by atoms with Gasteiger partial charge in [0.2, 0.25) is 5.91 Å². The molecule has 5 aliphatic rings. The number of carbonyl (C=O) groups is 3. The van der Waals surface area contributed by atoms with Crippen molar-refractivity contribution in [2.75, 3.05) is 13.1 Å². The van der Waals surface area contributed by atoms with E-state index in [9.17, 15) is 19.5 Å². The van der Waals surface area contributed by atoms with E-state index in [0.717, 1.165) is 56.3 Å². The number of hydrogen-bond donors (Lipinski definition) is 3. The van der Waals surface area contributed by atoms with Crippen molar-refractivity contribution in [3.05, 3.63) is 35.4 Å². The number of nitrogens with one attached hydrogen (secondary N) is 2. The Hall–Kier alpha value is -2.21. The maximum atomic E-state index is 14.1. The van der Waals surface area contributed by atoms with Crippen molar-refractivity contribution in [3.63, 3.8) is 0 Å². The molecule has 1 aromatic carbocycles. The fourth-order valence-electron chi connectivity index (χ4n) is 12.6. The van der Waals surface area contributed by atoms with E-state index in [0.29, 0.717) is 66.0 Å². The van der Waals surface area contributed by atoms with E-state index < -0.39 is 0 Å². The zero-order valence-corrected chi connectivity index (χ0v) is 29.0. The molecule has 1 aromatic rings. The van der Waals surface area contributed by atoms with Gasteiger partial charge in [-0.15, -0.1) is 0 Å². The maximum absolute atomic E-state index is 14.1. The highest BCUT2D eigenvalue weighted by molar-refractivity contribution is 5.94. The molecule has 6 rings (SSSR count). The van der Waals surface area contributed by atoms with E-state index in [-0.39, 0.29) is 28.7 Å². The predicted molar refractivity (Wildman–Crippen MR) is 182 cm³/mol. The van der Waals surface area contributed by atoms with Gasteiger partial charge in [-0.2, -0.15) is 0 Å². The van der Waals surface area contributed by atoms with E-state index in [4.69, 9.17) is 0 Å². The predicted octanol–water partition coefficient (Wildman–Crippen LogP) is 7.27. The largest absolute Gasteiger partial charge is 0.393 e. The molecule has 0 radical (unpaired) electrons. The van der Waals surface area contributed by atoms with Crippen LogP contribution >= 0.6 is 0 Å².